The summed E-state index contributed by atoms with van der Waals surface area (Å²) < 4.78 is 5.35. The van der Waals surface area contributed by atoms with Crippen LogP contribution in [-0.2, 0) is 9.59 Å². The van der Waals surface area contributed by atoms with E-state index in [1.54, 1.807) is 0 Å². The van der Waals surface area contributed by atoms with Crippen LogP contribution in [-0.4, -0.2) is 38.4 Å². The molecule has 3 atom stereocenters. The van der Waals surface area contributed by atoms with Gasteiger partial charge in [-0.3, -0.25) is 14.8 Å². The maximum atomic E-state index is 13.0. The summed E-state index contributed by atoms with van der Waals surface area (Å²) in [6.07, 6.45) is -1.43. The minimum absolute atomic E-state index is 0.0376. The van der Waals surface area contributed by atoms with Gasteiger partial charge in [0.05, 0.1) is 16.8 Å². The molecule has 2 amide bonds. The molecular weight excluding hydrogens is 396 g/mol. The highest BCUT2D eigenvalue weighted by Crippen LogP contribution is 2.33. The number of thiophene rings is 1. The number of nitrogens with one attached hydrogen (secondary N) is 2. The molecule has 0 spiro atoms. The Morgan fingerprint density at radius 3 is 2.48 bits per heavy atom. The SMILES string of the molecule is CC(C)C[C@@H](C(=O)N[C@H](c1noc(-c2cccs2)n1)C(C)(C)C)[C@H](O)C(=O)NO. The second-order valence-electron chi connectivity index (χ2n) is 8.40. The standard InChI is InChI=1S/C19H28N4O5S/c1-10(2)9-11(13(24)17(26)22-27)16(25)20-14(19(3,4)5)15-21-18(28-23-15)12-7-6-8-29-12/h6-8,10-11,13-14,24,27H,9H2,1-5H3,(H,20,25)(H,22,26)/t11-,13+,14-/m1/s1. The maximum Gasteiger partial charge on any atom is 0.272 e. The van der Waals surface area contributed by atoms with Crippen molar-refractivity contribution in [2.75, 3.05) is 0 Å². The molecule has 2 aromatic rings. The Kier molecular flexibility index (Phi) is 7.50. The van der Waals surface area contributed by atoms with Crippen molar-refractivity contribution in [3.05, 3.63) is 23.3 Å². The van der Waals surface area contributed by atoms with Crippen molar-refractivity contribution in [3.63, 3.8) is 0 Å². The first-order chi connectivity index (χ1) is 13.5. The third-order valence-electron chi connectivity index (χ3n) is 4.41. The normalized spacial score (nSPS) is 15.0. The fraction of sp³-hybridized carbons (Fsp3) is 0.579. The lowest BCUT2D eigenvalue weighted by atomic mass is 9.84. The van der Waals surface area contributed by atoms with E-state index in [0.717, 1.165) is 4.88 Å². The van der Waals surface area contributed by atoms with Gasteiger partial charge in [-0.2, -0.15) is 4.98 Å². The fourth-order valence-electron chi connectivity index (χ4n) is 2.91. The van der Waals surface area contributed by atoms with Gasteiger partial charge in [-0.05, 0) is 29.2 Å². The number of hydrogen-bond acceptors (Lipinski definition) is 8. The summed E-state index contributed by atoms with van der Waals surface area (Å²) in [5.41, 5.74) is 0.927. The Labute approximate surface area is 173 Å². The zero-order chi connectivity index (χ0) is 21.8. The predicted molar refractivity (Wildman–Crippen MR) is 107 cm³/mol. The van der Waals surface area contributed by atoms with E-state index in [9.17, 15) is 14.7 Å². The number of rotatable bonds is 8. The van der Waals surface area contributed by atoms with Crippen molar-refractivity contribution in [1.82, 2.24) is 20.9 Å². The molecule has 0 unspecified atom stereocenters. The molecule has 0 aliphatic carbocycles. The summed E-state index contributed by atoms with van der Waals surface area (Å²) in [6.45, 7) is 9.48. The summed E-state index contributed by atoms with van der Waals surface area (Å²) in [4.78, 5) is 29.9. The van der Waals surface area contributed by atoms with E-state index in [1.165, 1.54) is 16.8 Å². The van der Waals surface area contributed by atoms with Crippen LogP contribution < -0.4 is 10.8 Å². The molecule has 0 radical (unpaired) electrons. The topological polar surface area (TPSA) is 138 Å². The lowest BCUT2D eigenvalue weighted by Gasteiger charge is -2.31. The Balaban J connectivity index is 2.28. The first-order valence-electron chi connectivity index (χ1n) is 9.34. The second-order valence-corrected chi connectivity index (χ2v) is 9.35. The van der Waals surface area contributed by atoms with Gasteiger partial charge in [-0.1, -0.05) is 45.8 Å². The first kappa shape index (κ1) is 23.0. The molecule has 0 aliphatic rings. The Morgan fingerprint density at radius 2 is 1.97 bits per heavy atom. The Bertz CT molecular complexity index is 813. The number of amides is 2. The predicted octanol–water partition coefficient (Wildman–Crippen LogP) is 2.53. The summed E-state index contributed by atoms with van der Waals surface area (Å²) in [7, 11) is 0. The van der Waals surface area contributed by atoms with Crippen molar-refractivity contribution < 1.29 is 24.4 Å². The Hall–Kier alpha value is -2.30. The number of nitrogens with zero attached hydrogens (tertiary/aromatic N) is 2. The van der Waals surface area contributed by atoms with E-state index < -0.39 is 35.3 Å². The number of hydroxylamine groups is 1. The third-order valence-corrected chi connectivity index (χ3v) is 5.26. The molecule has 2 rings (SSSR count). The van der Waals surface area contributed by atoms with E-state index in [2.05, 4.69) is 15.5 Å². The molecular formula is C19H28N4O5S. The van der Waals surface area contributed by atoms with E-state index in [-0.39, 0.29) is 12.3 Å². The highest BCUT2D eigenvalue weighted by Gasteiger charge is 2.38. The van der Waals surface area contributed by atoms with Crippen molar-refractivity contribution in [1.29, 1.82) is 0 Å². The number of carbonyl (C=O) groups is 2. The first-order valence-corrected chi connectivity index (χ1v) is 10.2. The molecule has 0 aliphatic heterocycles. The lowest BCUT2D eigenvalue weighted by molar-refractivity contribution is -0.147. The smallest absolute Gasteiger partial charge is 0.272 e. The van der Waals surface area contributed by atoms with Gasteiger partial charge in [0.1, 0.15) is 6.10 Å². The fourth-order valence-corrected chi connectivity index (χ4v) is 3.55. The van der Waals surface area contributed by atoms with Crippen molar-refractivity contribution in [2.24, 2.45) is 17.3 Å². The molecule has 0 saturated carbocycles. The number of hydrogen-bond donors (Lipinski definition) is 4. The number of aromatic nitrogens is 2. The second kappa shape index (κ2) is 9.47. The van der Waals surface area contributed by atoms with Crippen LogP contribution in [0.15, 0.2) is 22.0 Å². The van der Waals surface area contributed by atoms with Gasteiger partial charge in [0, 0.05) is 0 Å². The minimum atomic E-state index is -1.69. The highest BCUT2D eigenvalue weighted by molar-refractivity contribution is 7.13. The average molecular weight is 425 g/mol. The van der Waals surface area contributed by atoms with Gasteiger partial charge in [0.15, 0.2) is 5.82 Å². The molecule has 0 bridgehead atoms. The summed E-state index contributed by atoms with van der Waals surface area (Å²) in [5.74, 6) is -1.91. The van der Waals surface area contributed by atoms with Crippen LogP contribution in [0.5, 0.6) is 0 Å². The third kappa shape index (κ3) is 5.84. The number of aliphatic hydroxyl groups is 1. The zero-order valence-corrected chi connectivity index (χ0v) is 18.0. The molecule has 9 nitrogen and oxygen atoms in total. The average Bonchev–Trinajstić information content (AvgIpc) is 3.32. The molecule has 4 N–H and O–H groups in total. The highest BCUT2D eigenvalue weighted by atomic mass is 32.1. The van der Waals surface area contributed by atoms with Gasteiger partial charge >= 0.3 is 0 Å². The Morgan fingerprint density at radius 1 is 1.28 bits per heavy atom. The van der Waals surface area contributed by atoms with Crippen molar-refractivity contribution in [2.45, 2.75) is 53.2 Å². The van der Waals surface area contributed by atoms with Crippen LogP contribution in [0.25, 0.3) is 10.8 Å². The van der Waals surface area contributed by atoms with Crippen LogP contribution in [0.4, 0.5) is 0 Å². The van der Waals surface area contributed by atoms with Crippen LogP contribution in [0, 0.1) is 17.3 Å². The zero-order valence-electron chi connectivity index (χ0n) is 17.2. The van der Waals surface area contributed by atoms with E-state index in [0.29, 0.717) is 11.7 Å². The van der Waals surface area contributed by atoms with Gasteiger partial charge in [0.25, 0.3) is 11.8 Å². The molecule has 0 fully saturated rings. The largest absolute Gasteiger partial charge is 0.382 e. The van der Waals surface area contributed by atoms with Crippen molar-refractivity contribution in [3.8, 4) is 10.8 Å². The van der Waals surface area contributed by atoms with Gasteiger partial charge < -0.3 is 14.9 Å². The molecule has 10 heteroatoms. The number of aliphatic hydroxyl groups excluding tert-OH is 1. The van der Waals surface area contributed by atoms with Crippen LogP contribution in [0.1, 0.15) is 52.9 Å². The van der Waals surface area contributed by atoms with Gasteiger partial charge in [0.2, 0.25) is 5.91 Å². The lowest BCUT2D eigenvalue weighted by Crippen LogP contribution is -2.48. The van der Waals surface area contributed by atoms with Crippen molar-refractivity contribution >= 4 is 23.2 Å². The van der Waals surface area contributed by atoms with Gasteiger partial charge in [-0.25, -0.2) is 5.48 Å². The number of carbonyl (C=O) groups excluding carboxylic acids is 2. The van der Waals surface area contributed by atoms with E-state index in [1.807, 2.05) is 52.1 Å². The summed E-state index contributed by atoms with van der Waals surface area (Å²) >= 11 is 1.46. The molecule has 0 aromatic carbocycles. The summed E-state index contributed by atoms with van der Waals surface area (Å²) in [5, 5.41) is 27.8. The van der Waals surface area contributed by atoms with Crippen LogP contribution in [0.2, 0.25) is 0 Å². The molecule has 29 heavy (non-hydrogen) atoms. The molecule has 2 heterocycles. The molecule has 160 valence electrons. The monoisotopic (exact) mass is 424 g/mol. The molecule has 2 aromatic heterocycles. The molecule has 0 saturated heterocycles. The van der Waals surface area contributed by atoms with Crippen LogP contribution >= 0.6 is 11.3 Å². The van der Waals surface area contributed by atoms with Crippen LogP contribution in [0.3, 0.4) is 0 Å². The van der Waals surface area contributed by atoms with Gasteiger partial charge in [-0.15, -0.1) is 11.3 Å². The minimum Gasteiger partial charge on any atom is -0.382 e. The van der Waals surface area contributed by atoms with E-state index >= 15 is 0 Å². The summed E-state index contributed by atoms with van der Waals surface area (Å²) in [6, 6.07) is 3.11. The maximum absolute atomic E-state index is 13.0. The van der Waals surface area contributed by atoms with E-state index in [4.69, 9.17) is 9.73 Å². The quantitative estimate of drug-likeness (QED) is 0.377.